The van der Waals surface area contributed by atoms with Gasteiger partial charge in [0.25, 0.3) is 5.91 Å². The van der Waals surface area contributed by atoms with Gasteiger partial charge in [-0.15, -0.1) is 10.2 Å². The molecule has 2 aromatic carbocycles. The third-order valence-electron chi connectivity index (χ3n) is 4.19. The fraction of sp³-hybridized carbons (Fsp3) is 0.0476. The molecule has 0 spiro atoms. The number of aromatic nitrogens is 3. The van der Waals surface area contributed by atoms with Crippen molar-refractivity contribution in [1.29, 1.82) is 0 Å². The standard InChI is InChI=1S/C21H16N4O/c1-14-9-10-16-8-5-13-22-20(16)19(14)21(26)23-18-12-11-17(24-25-18)15-6-3-2-4-7-15/h2-13H,1H3,(H,23,25,26). The molecule has 126 valence electrons. The first kappa shape index (κ1) is 15.9. The lowest BCUT2D eigenvalue weighted by Crippen LogP contribution is -2.15. The molecule has 1 N–H and O–H groups in total. The molecule has 4 rings (SSSR count). The van der Waals surface area contributed by atoms with Gasteiger partial charge in [-0.05, 0) is 30.7 Å². The van der Waals surface area contributed by atoms with Gasteiger partial charge in [0.05, 0.1) is 16.8 Å². The lowest BCUT2D eigenvalue weighted by Gasteiger charge is -2.10. The van der Waals surface area contributed by atoms with Crippen LogP contribution in [-0.4, -0.2) is 21.1 Å². The van der Waals surface area contributed by atoms with Crippen LogP contribution in [-0.2, 0) is 0 Å². The summed E-state index contributed by atoms with van der Waals surface area (Å²) in [5.74, 6) is 0.163. The molecule has 0 saturated heterocycles. The minimum absolute atomic E-state index is 0.242. The van der Waals surface area contributed by atoms with Gasteiger partial charge in [0.15, 0.2) is 5.82 Å². The molecule has 0 atom stereocenters. The Kier molecular flexibility index (Phi) is 4.11. The second-order valence-corrected chi connectivity index (χ2v) is 5.96. The van der Waals surface area contributed by atoms with Crippen molar-refractivity contribution in [1.82, 2.24) is 15.2 Å². The Morgan fingerprint density at radius 2 is 1.73 bits per heavy atom. The maximum atomic E-state index is 12.8. The first-order valence-corrected chi connectivity index (χ1v) is 8.27. The molecule has 0 bridgehead atoms. The van der Waals surface area contributed by atoms with Crippen LogP contribution in [0.15, 0.2) is 72.9 Å². The zero-order chi connectivity index (χ0) is 17.9. The van der Waals surface area contributed by atoms with E-state index in [0.717, 1.165) is 22.2 Å². The van der Waals surface area contributed by atoms with Crippen molar-refractivity contribution in [2.75, 3.05) is 5.32 Å². The van der Waals surface area contributed by atoms with Crippen molar-refractivity contribution >= 4 is 22.6 Å². The largest absolute Gasteiger partial charge is 0.305 e. The molecule has 26 heavy (non-hydrogen) atoms. The van der Waals surface area contributed by atoms with Crippen molar-refractivity contribution < 1.29 is 4.79 Å². The monoisotopic (exact) mass is 340 g/mol. The molecule has 0 aliphatic carbocycles. The minimum atomic E-state index is -0.242. The number of nitrogens with one attached hydrogen (secondary N) is 1. The maximum absolute atomic E-state index is 12.8. The number of anilines is 1. The molecule has 5 heteroatoms. The Hall–Kier alpha value is -3.60. The van der Waals surface area contributed by atoms with Gasteiger partial charge in [-0.25, -0.2) is 0 Å². The van der Waals surface area contributed by atoms with Crippen LogP contribution in [0.3, 0.4) is 0 Å². The SMILES string of the molecule is Cc1ccc2cccnc2c1C(=O)Nc1ccc(-c2ccccc2)nn1. The fourth-order valence-corrected chi connectivity index (χ4v) is 2.87. The second-order valence-electron chi connectivity index (χ2n) is 5.96. The van der Waals surface area contributed by atoms with Crippen molar-refractivity contribution in [3.05, 3.63) is 84.1 Å². The fourth-order valence-electron chi connectivity index (χ4n) is 2.87. The number of benzene rings is 2. The average molecular weight is 340 g/mol. The predicted molar refractivity (Wildman–Crippen MR) is 102 cm³/mol. The first-order valence-electron chi connectivity index (χ1n) is 8.27. The summed E-state index contributed by atoms with van der Waals surface area (Å²) in [6.45, 7) is 1.90. The summed E-state index contributed by atoms with van der Waals surface area (Å²) in [7, 11) is 0. The molecule has 2 aromatic heterocycles. The van der Waals surface area contributed by atoms with Crippen LogP contribution in [0.4, 0.5) is 5.82 Å². The molecule has 0 unspecified atom stereocenters. The highest BCUT2D eigenvalue weighted by molar-refractivity contribution is 6.12. The average Bonchev–Trinajstić information content (AvgIpc) is 2.69. The summed E-state index contributed by atoms with van der Waals surface area (Å²) in [4.78, 5) is 17.1. The van der Waals surface area contributed by atoms with Crippen LogP contribution in [0.5, 0.6) is 0 Å². The summed E-state index contributed by atoms with van der Waals surface area (Å²) in [6, 6.07) is 21.0. The van der Waals surface area contributed by atoms with Crippen molar-refractivity contribution in [3.63, 3.8) is 0 Å². The van der Waals surface area contributed by atoms with E-state index in [4.69, 9.17) is 0 Å². The van der Waals surface area contributed by atoms with Crippen LogP contribution in [0.1, 0.15) is 15.9 Å². The number of fused-ring (bicyclic) bond motifs is 1. The Morgan fingerprint density at radius 1 is 0.885 bits per heavy atom. The second kappa shape index (κ2) is 6.72. The molecule has 0 aliphatic rings. The molecule has 0 saturated carbocycles. The molecule has 0 fully saturated rings. The molecule has 1 amide bonds. The lowest BCUT2D eigenvalue weighted by atomic mass is 10.0. The van der Waals surface area contributed by atoms with Crippen molar-refractivity contribution in [2.45, 2.75) is 6.92 Å². The molecule has 5 nitrogen and oxygen atoms in total. The van der Waals surface area contributed by atoms with Gasteiger partial charge in [0.2, 0.25) is 0 Å². The van der Waals surface area contributed by atoms with Gasteiger partial charge in [0, 0.05) is 17.1 Å². The molecular formula is C21H16N4O. The zero-order valence-electron chi connectivity index (χ0n) is 14.2. The van der Waals surface area contributed by atoms with Crippen LogP contribution >= 0.6 is 0 Å². The van der Waals surface area contributed by atoms with Gasteiger partial charge in [0.1, 0.15) is 0 Å². The van der Waals surface area contributed by atoms with Crippen LogP contribution in [0.25, 0.3) is 22.2 Å². The van der Waals surface area contributed by atoms with Crippen molar-refractivity contribution in [2.24, 2.45) is 0 Å². The van der Waals surface area contributed by atoms with Gasteiger partial charge in [-0.2, -0.15) is 0 Å². The normalized spacial score (nSPS) is 10.7. The quantitative estimate of drug-likeness (QED) is 0.605. The Balaban J connectivity index is 1.62. The summed E-state index contributed by atoms with van der Waals surface area (Å²) in [5.41, 5.74) is 3.83. The number of carbonyl (C=O) groups excluding carboxylic acids is 1. The summed E-state index contributed by atoms with van der Waals surface area (Å²) < 4.78 is 0. The molecule has 0 aliphatic heterocycles. The van der Waals surface area contributed by atoms with E-state index in [-0.39, 0.29) is 5.91 Å². The third kappa shape index (κ3) is 3.02. The molecule has 0 radical (unpaired) electrons. The lowest BCUT2D eigenvalue weighted by molar-refractivity contribution is 0.102. The molecule has 4 aromatic rings. The summed E-state index contributed by atoms with van der Waals surface area (Å²) >= 11 is 0. The topological polar surface area (TPSA) is 67.8 Å². The molecule has 2 heterocycles. The number of pyridine rings is 1. The number of hydrogen-bond acceptors (Lipinski definition) is 4. The number of rotatable bonds is 3. The van der Waals surface area contributed by atoms with E-state index in [2.05, 4.69) is 20.5 Å². The van der Waals surface area contributed by atoms with Gasteiger partial charge in [-0.3, -0.25) is 9.78 Å². The van der Waals surface area contributed by atoms with E-state index in [0.29, 0.717) is 16.9 Å². The highest BCUT2D eigenvalue weighted by Gasteiger charge is 2.15. The number of nitrogens with zero attached hydrogens (tertiary/aromatic N) is 3. The summed E-state index contributed by atoms with van der Waals surface area (Å²) in [6.07, 6.45) is 1.69. The summed E-state index contributed by atoms with van der Waals surface area (Å²) in [5, 5.41) is 12.1. The number of aryl methyl sites for hydroxylation is 1. The van der Waals surface area contributed by atoms with Crippen LogP contribution in [0, 0.1) is 6.92 Å². The van der Waals surface area contributed by atoms with E-state index in [1.54, 1.807) is 12.3 Å². The Bertz CT molecular complexity index is 1080. The minimum Gasteiger partial charge on any atom is -0.305 e. The Labute approximate surface area is 150 Å². The smallest absolute Gasteiger partial charge is 0.259 e. The van der Waals surface area contributed by atoms with Crippen molar-refractivity contribution in [3.8, 4) is 11.3 Å². The van der Waals surface area contributed by atoms with E-state index in [1.807, 2.05) is 67.6 Å². The van der Waals surface area contributed by atoms with Crippen LogP contribution in [0.2, 0.25) is 0 Å². The van der Waals surface area contributed by atoms with E-state index in [1.165, 1.54) is 0 Å². The predicted octanol–water partition coefficient (Wildman–Crippen LogP) is 4.25. The third-order valence-corrected chi connectivity index (χ3v) is 4.19. The number of carbonyl (C=O) groups is 1. The highest BCUT2D eigenvalue weighted by atomic mass is 16.1. The highest BCUT2D eigenvalue weighted by Crippen LogP contribution is 2.22. The zero-order valence-corrected chi connectivity index (χ0v) is 14.2. The first-order chi connectivity index (χ1) is 12.7. The molecular weight excluding hydrogens is 324 g/mol. The number of hydrogen-bond donors (Lipinski definition) is 1. The van der Waals surface area contributed by atoms with Crippen LogP contribution < -0.4 is 5.32 Å². The van der Waals surface area contributed by atoms with E-state index in [9.17, 15) is 4.79 Å². The van der Waals surface area contributed by atoms with Gasteiger partial charge < -0.3 is 5.32 Å². The van der Waals surface area contributed by atoms with Gasteiger partial charge >= 0.3 is 0 Å². The Morgan fingerprint density at radius 3 is 2.50 bits per heavy atom. The number of amides is 1. The van der Waals surface area contributed by atoms with E-state index < -0.39 is 0 Å². The van der Waals surface area contributed by atoms with Gasteiger partial charge in [-0.1, -0.05) is 48.5 Å². The van der Waals surface area contributed by atoms with E-state index >= 15 is 0 Å². The maximum Gasteiger partial charge on any atom is 0.259 e.